The predicted molar refractivity (Wildman–Crippen MR) is 78.5 cm³/mol. The second-order valence-corrected chi connectivity index (χ2v) is 5.49. The fraction of sp³-hybridized carbons (Fsp3) is 0.294. The molecule has 0 N–H and O–H groups in total. The van der Waals surface area contributed by atoms with E-state index in [1.165, 1.54) is 6.07 Å². The number of rotatable bonds is 2. The molecular formula is C17H16F2N2O. The number of piperidine rings is 1. The zero-order valence-electron chi connectivity index (χ0n) is 12.0. The van der Waals surface area contributed by atoms with Crippen molar-refractivity contribution in [2.75, 3.05) is 13.1 Å². The van der Waals surface area contributed by atoms with Gasteiger partial charge in [-0.05, 0) is 48.7 Å². The summed E-state index contributed by atoms with van der Waals surface area (Å²) in [6.07, 6.45) is 4.67. The van der Waals surface area contributed by atoms with Crippen LogP contribution in [0.1, 0.15) is 34.7 Å². The van der Waals surface area contributed by atoms with Crippen molar-refractivity contribution in [3.05, 3.63) is 65.5 Å². The van der Waals surface area contributed by atoms with Gasteiger partial charge in [-0.15, -0.1) is 0 Å². The molecule has 0 unspecified atom stereocenters. The van der Waals surface area contributed by atoms with Gasteiger partial charge in [0.2, 0.25) is 0 Å². The van der Waals surface area contributed by atoms with Crippen molar-refractivity contribution in [3.8, 4) is 0 Å². The molecule has 1 atom stereocenters. The Morgan fingerprint density at radius 3 is 2.73 bits per heavy atom. The van der Waals surface area contributed by atoms with Crippen LogP contribution in [-0.4, -0.2) is 28.9 Å². The highest BCUT2D eigenvalue weighted by molar-refractivity contribution is 5.94. The Balaban J connectivity index is 1.80. The number of nitrogens with zero attached hydrogens (tertiary/aromatic N) is 2. The predicted octanol–water partition coefficient (Wildman–Crippen LogP) is 3.38. The maximum absolute atomic E-state index is 13.9. The van der Waals surface area contributed by atoms with E-state index in [0.717, 1.165) is 25.0 Å². The maximum Gasteiger partial charge on any atom is 0.253 e. The number of amides is 1. The Bertz CT molecular complexity index is 676. The number of hydrogen-bond donors (Lipinski definition) is 0. The highest BCUT2D eigenvalue weighted by Gasteiger charge is 2.27. The van der Waals surface area contributed by atoms with E-state index >= 15 is 0 Å². The van der Waals surface area contributed by atoms with Crippen molar-refractivity contribution in [2.45, 2.75) is 18.8 Å². The largest absolute Gasteiger partial charge is 0.338 e. The summed E-state index contributed by atoms with van der Waals surface area (Å²) in [4.78, 5) is 18.1. The Morgan fingerprint density at radius 2 is 1.95 bits per heavy atom. The first kappa shape index (κ1) is 14.6. The summed E-state index contributed by atoms with van der Waals surface area (Å²) in [6.45, 7) is 1.04. The minimum Gasteiger partial charge on any atom is -0.338 e. The molecule has 0 bridgehead atoms. The summed E-state index contributed by atoms with van der Waals surface area (Å²) in [6, 6.07) is 6.82. The molecule has 0 radical (unpaired) electrons. The molecule has 1 aromatic carbocycles. The average Bonchev–Trinajstić information content (AvgIpc) is 2.57. The summed E-state index contributed by atoms with van der Waals surface area (Å²) >= 11 is 0. The molecule has 114 valence electrons. The first-order chi connectivity index (χ1) is 10.6. The summed E-state index contributed by atoms with van der Waals surface area (Å²) in [5.74, 6) is -1.13. The molecule has 0 saturated carbocycles. The molecule has 2 heterocycles. The Kier molecular flexibility index (Phi) is 4.13. The van der Waals surface area contributed by atoms with Crippen LogP contribution in [0.4, 0.5) is 8.78 Å². The number of halogens is 2. The summed E-state index contributed by atoms with van der Waals surface area (Å²) in [5, 5.41) is 0. The van der Waals surface area contributed by atoms with Gasteiger partial charge in [0.05, 0.1) is 0 Å². The van der Waals surface area contributed by atoms with Gasteiger partial charge in [0.15, 0.2) is 0 Å². The number of likely N-dealkylation sites (tertiary alicyclic amines) is 1. The van der Waals surface area contributed by atoms with E-state index in [-0.39, 0.29) is 11.8 Å². The highest BCUT2D eigenvalue weighted by Crippen LogP contribution is 2.29. The van der Waals surface area contributed by atoms with E-state index in [1.54, 1.807) is 29.4 Å². The van der Waals surface area contributed by atoms with Crippen LogP contribution in [0.2, 0.25) is 0 Å². The quantitative estimate of drug-likeness (QED) is 0.852. The lowest BCUT2D eigenvalue weighted by molar-refractivity contribution is 0.0705. The Hall–Kier alpha value is -2.30. The van der Waals surface area contributed by atoms with Gasteiger partial charge in [0, 0.05) is 37.0 Å². The third-order valence-corrected chi connectivity index (χ3v) is 4.03. The molecule has 1 saturated heterocycles. The monoisotopic (exact) mass is 302 g/mol. The van der Waals surface area contributed by atoms with Crippen LogP contribution < -0.4 is 0 Å². The smallest absolute Gasteiger partial charge is 0.253 e. The molecule has 1 aliphatic rings. The minimum absolute atomic E-state index is 0.0936. The summed E-state index contributed by atoms with van der Waals surface area (Å²) in [5.41, 5.74) is 0.919. The van der Waals surface area contributed by atoms with Crippen LogP contribution >= 0.6 is 0 Å². The SMILES string of the molecule is O=C(c1ccncc1)N1CCC[C@H](c2cc(F)ccc2F)C1. The molecule has 1 amide bonds. The molecular weight excluding hydrogens is 286 g/mol. The summed E-state index contributed by atoms with van der Waals surface area (Å²) in [7, 11) is 0. The third kappa shape index (κ3) is 2.98. The van der Waals surface area contributed by atoms with Gasteiger partial charge >= 0.3 is 0 Å². The molecule has 22 heavy (non-hydrogen) atoms. The fourth-order valence-corrected chi connectivity index (χ4v) is 2.92. The fourth-order valence-electron chi connectivity index (χ4n) is 2.92. The lowest BCUT2D eigenvalue weighted by Gasteiger charge is -2.33. The highest BCUT2D eigenvalue weighted by atomic mass is 19.1. The first-order valence-corrected chi connectivity index (χ1v) is 7.29. The van der Waals surface area contributed by atoms with E-state index < -0.39 is 11.6 Å². The van der Waals surface area contributed by atoms with Gasteiger partial charge in [0.1, 0.15) is 11.6 Å². The van der Waals surface area contributed by atoms with E-state index in [4.69, 9.17) is 0 Å². The van der Waals surface area contributed by atoms with Crippen molar-refractivity contribution >= 4 is 5.91 Å². The molecule has 1 aromatic heterocycles. The van der Waals surface area contributed by atoms with Gasteiger partial charge < -0.3 is 4.90 Å². The normalized spacial score (nSPS) is 18.3. The molecule has 1 aliphatic heterocycles. The number of carbonyl (C=O) groups excluding carboxylic acids is 1. The van der Waals surface area contributed by atoms with E-state index in [9.17, 15) is 13.6 Å². The lowest BCUT2D eigenvalue weighted by Crippen LogP contribution is -2.39. The summed E-state index contributed by atoms with van der Waals surface area (Å²) < 4.78 is 27.3. The minimum atomic E-state index is -0.450. The Labute approximate surface area is 127 Å². The molecule has 3 rings (SSSR count). The van der Waals surface area contributed by atoms with Crippen molar-refractivity contribution in [2.24, 2.45) is 0 Å². The van der Waals surface area contributed by atoms with Crippen LogP contribution in [0, 0.1) is 11.6 Å². The standard InChI is InChI=1S/C17H16F2N2O/c18-14-3-4-16(19)15(10-14)13-2-1-9-21(11-13)17(22)12-5-7-20-8-6-12/h3-8,10,13H,1-2,9,11H2/t13-/m0/s1. The molecule has 3 nitrogen and oxygen atoms in total. The van der Waals surface area contributed by atoms with Crippen molar-refractivity contribution < 1.29 is 13.6 Å². The maximum atomic E-state index is 13.9. The molecule has 0 aliphatic carbocycles. The first-order valence-electron chi connectivity index (χ1n) is 7.29. The van der Waals surface area contributed by atoms with Gasteiger partial charge in [-0.2, -0.15) is 0 Å². The molecule has 2 aromatic rings. The van der Waals surface area contributed by atoms with Gasteiger partial charge in [-0.3, -0.25) is 9.78 Å². The molecule has 0 spiro atoms. The van der Waals surface area contributed by atoms with Crippen LogP contribution in [0.25, 0.3) is 0 Å². The van der Waals surface area contributed by atoms with Crippen LogP contribution in [0.5, 0.6) is 0 Å². The van der Waals surface area contributed by atoms with Crippen molar-refractivity contribution in [3.63, 3.8) is 0 Å². The number of benzene rings is 1. The average molecular weight is 302 g/mol. The van der Waals surface area contributed by atoms with Gasteiger partial charge in [0.25, 0.3) is 5.91 Å². The number of pyridine rings is 1. The van der Waals surface area contributed by atoms with Crippen LogP contribution in [0.15, 0.2) is 42.7 Å². The van der Waals surface area contributed by atoms with Crippen LogP contribution in [-0.2, 0) is 0 Å². The second kappa shape index (κ2) is 6.22. The number of hydrogen-bond acceptors (Lipinski definition) is 2. The van der Waals surface area contributed by atoms with E-state index in [1.807, 2.05) is 0 Å². The van der Waals surface area contributed by atoms with Gasteiger partial charge in [-0.25, -0.2) is 8.78 Å². The zero-order valence-corrected chi connectivity index (χ0v) is 12.0. The molecule has 1 fully saturated rings. The van der Waals surface area contributed by atoms with E-state index in [0.29, 0.717) is 24.2 Å². The topological polar surface area (TPSA) is 33.2 Å². The Morgan fingerprint density at radius 1 is 1.18 bits per heavy atom. The van der Waals surface area contributed by atoms with Crippen molar-refractivity contribution in [1.82, 2.24) is 9.88 Å². The van der Waals surface area contributed by atoms with Gasteiger partial charge in [-0.1, -0.05) is 0 Å². The number of aromatic nitrogens is 1. The van der Waals surface area contributed by atoms with Crippen LogP contribution in [0.3, 0.4) is 0 Å². The lowest BCUT2D eigenvalue weighted by atomic mass is 9.90. The van der Waals surface area contributed by atoms with E-state index in [2.05, 4.69) is 4.98 Å². The zero-order chi connectivity index (χ0) is 15.5. The third-order valence-electron chi connectivity index (χ3n) is 4.03. The second-order valence-electron chi connectivity index (χ2n) is 5.49. The van der Waals surface area contributed by atoms with Crippen molar-refractivity contribution in [1.29, 1.82) is 0 Å². The molecule has 5 heteroatoms. The number of carbonyl (C=O) groups is 1.